The highest BCUT2D eigenvalue weighted by Gasteiger charge is 2.17. The van der Waals surface area contributed by atoms with Crippen molar-refractivity contribution >= 4 is 11.7 Å². The number of benzene rings is 2. The van der Waals surface area contributed by atoms with E-state index in [4.69, 9.17) is 4.84 Å². The molecule has 0 bridgehead atoms. The first kappa shape index (κ1) is 21.1. The van der Waals surface area contributed by atoms with E-state index < -0.39 is 5.97 Å². The highest BCUT2D eigenvalue weighted by Crippen LogP contribution is 2.34. The number of carbonyl (C=O) groups is 1. The summed E-state index contributed by atoms with van der Waals surface area (Å²) in [6, 6.07) is 11.9. The molecule has 0 spiro atoms. The summed E-state index contributed by atoms with van der Waals surface area (Å²) < 4.78 is 0. The summed E-state index contributed by atoms with van der Waals surface area (Å²) in [5.74, 6) is -0.188. The Labute approximate surface area is 173 Å². The smallest absolute Gasteiger partial charge is 0.335 e. The van der Waals surface area contributed by atoms with E-state index in [9.17, 15) is 9.90 Å². The molecule has 29 heavy (non-hydrogen) atoms. The highest BCUT2D eigenvalue weighted by molar-refractivity contribution is 6.00. The van der Waals surface area contributed by atoms with Crippen molar-refractivity contribution < 1.29 is 14.7 Å². The lowest BCUT2D eigenvalue weighted by atomic mass is 9.82. The van der Waals surface area contributed by atoms with Gasteiger partial charge in [-0.3, -0.25) is 0 Å². The van der Waals surface area contributed by atoms with Crippen LogP contribution in [-0.4, -0.2) is 16.8 Å². The molecule has 1 fully saturated rings. The molecule has 3 rings (SSSR count). The number of hydrogen-bond donors (Lipinski definition) is 1. The maximum absolute atomic E-state index is 11.3. The molecular formula is C25H31NO3. The largest absolute Gasteiger partial charge is 0.478 e. The number of aryl methyl sites for hydroxylation is 2. The summed E-state index contributed by atoms with van der Waals surface area (Å²) in [6.45, 7) is 6.45. The molecule has 0 radical (unpaired) electrons. The minimum atomic E-state index is -0.897. The zero-order valence-electron chi connectivity index (χ0n) is 17.7. The van der Waals surface area contributed by atoms with Crippen LogP contribution in [0.3, 0.4) is 0 Å². The van der Waals surface area contributed by atoms with Gasteiger partial charge < -0.3 is 9.94 Å². The number of nitrogens with zero attached hydrogens (tertiary/aromatic N) is 1. The van der Waals surface area contributed by atoms with Gasteiger partial charge >= 0.3 is 5.97 Å². The van der Waals surface area contributed by atoms with Crippen LogP contribution in [0.2, 0.25) is 0 Å². The molecule has 4 nitrogen and oxygen atoms in total. The topological polar surface area (TPSA) is 58.9 Å². The SMILES string of the molecule is CCc1cc(/C(C)=N/OCc2ccc(C3CCCCC3)c(C)c2)ccc1C(=O)O. The number of rotatable bonds is 7. The first-order chi connectivity index (χ1) is 14.0. The average Bonchev–Trinajstić information content (AvgIpc) is 2.73. The van der Waals surface area contributed by atoms with Crippen LogP contribution in [0.4, 0.5) is 0 Å². The third kappa shape index (κ3) is 5.26. The monoisotopic (exact) mass is 393 g/mol. The normalized spacial score (nSPS) is 15.3. The highest BCUT2D eigenvalue weighted by atomic mass is 16.6. The third-order valence-corrected chi connectivity index (χ3v) is 5.95. The van der Waals surface area contributed by atoms with Crippen LogP contribution in [-0.2, 0) is 17.9 Å². The fourth-order valence-corrected chi connectivity index (χ4v) is 4.28. The van der Waals surface area contributed by atoms with Gasteiger partial charge in [-0.05, 0) is 79.0 Å². The van der Waals surface area contributed by atoms with Crippen molar-refractivity contribution in [2.75, 3.05) is 0 Å². The van der Waals surface area contributed by atoms with Gasteiger partial charge in [-0.25, -0.2) is 4.79 Å². The van der Waals surface area contributed by atoms with Gasteiger partial charge in [0.2, 0.25) is 0 Å². The van der Waals surface area contributed by atoms with Gasteiger partial charge in [0.15, 0.2) is 0 Å². The van der Waals surface area contributed by atoms with Crippen molar-refractivity contribution in [3.05, 3.63) is 69.8 Å². The lowest BCUT2D eigenvalue weighted by Crippen LogP contribution is -2.06. The molecule has 1 saturated carbocycles. The Bertz CT molecular complexity index is 895. The Kier molecular flexibility index (Phi) is 7.08. The van der Waals surface area contributed by atoms with E-state index >= 15 is 0 Å². The molecule has 4 heteroatoms. The van der Waals surface area contributed by atoms with Gasteiger partial charge in [-0.1, -0.05) is 55.6 Å². The Morgan fingerprint density at radius 3 is 2.55 bits per heavy atom. The summed E-state index contributed by atoms with van der Waals surface area (Å²) >= 11 is 0. The van der Waals surface area contributed by atoms with E-state index in [-0.39, 0.29) is 0 Å². The summed E-state index contributed by atoms with van der Waals surface area (Å²) in [7, 11) is 0. The second-order valence-electron chi connectivity index (χ2n) is 8.01. The van der Waals surface area contributed by atoms with Crippen LogP contribution >= 0.6 is 0 Å². The molecule has 0 saturated heterocycles. The minimum absolute atomic E-state index is 0.346. The Balaban J connectivity index is 1.64. The molecule has 1 aliphatic rings. The molecule has 154 valence electrons. The van der Waals surface area contributed by atoms with E-state index in [0.29, 0.717) is 24.5 Å². The van der Waals surface area contributed by atoms with E-state index in [2.05, 4.69) is 30.3 Å². The van der Waals surface area contributed by atoms with E-state index in [1.807, 2.05) is 19.9 Å². The summed E-state index contributed by atoms with van der Waals surface area (Å²) in [5, 5.41) is 13.5. The Morgan fingerprint density at radius 1 is 1.14 bits per heavy atom. The summed E-state index contributed by atoms with van der Waals surface area (Å²) in [6.07, 6.45) is 7.33. The molecule has 2 aromatic rings. The molecule has 0 amide bonds. The number of aromatic carboxylic acids is 1. The van der Waals surface area contributed by atoms with Crippen molar-refractivity contribution in [2.24, 2.45) is 5.16 Å². The second kappa shape index (κ2) is 9.73. The molecule has 0 atom stereocenters. The van der Waals surface area contributed by atoms with Crippen molar-refractivity contribution in [1.82, 2.24) is 0 Å². The van der Waals surface area contributed by atoms with Gasteiger partial charge in [0, 0.05) is 0 Å². The maximum Gasteiger partial charge on any atom is 0.335 e. The van der Waals surface area contributed by atoms with Gasteiger partial charge in [0.1, 0.15) is 6.61 Å². The lowest BCUT2D eigenvalue weighted by Gasteiger charge is -2.23. The van der Waals surface area contributed by atoms with Crippen molar-refractivity contribution in [3.63, 3.8) is 0 Å². The molecule has 2 aromatic carbocycles. The van der Waals surface area contributed by atoms with Gasteiger partial charge in [-0.15, -0.1) is 0 Å². The standard InChI is InChI=1S/C25H31NO3/c1-4-20-15-22(11-13-24(20)25(27)28)18(3)26-29-16-19-10-12-23(17(2)14-19)21-8-6-5-7-9-21/h10-15,21H,4-9,16H2,1-3H3,(H,27,28)/b26-18+. The Hall–Kier alpha value is -2.62. The van der Waals surface area contributed by atoms with Crippen LogP contribution in [0.1, 0.15) is 90.0 Å². The number of carboxylic acid groups (broad SMARTS) is 1. The molecule has 0 aromatic heterocycles. The molecule has 1 aliphatic carbocycles. The molecule has 0 unspecified atom stereocenters. The van der Waals surface area contributed by atoms with Crippen molar-refractivity contribution in [3.8, 4) is 0 Å². The fourth-order valence-electron chi connectivity index (χ4n) is 4.28. The van der Waals surface area contributed by atoms with Gasteiger partial charge in [0.05, 0.1) is 11.3 Å². The van der Waals surface area contributed by atoms with Crippen LogP contribution in [0.25, 0.3) is 0 Å². The van der Waals surface area contributed by atoms with Gasteiger partial charge in [0.25, 0.3) is 0 Å². The zero-order valence-corrected chi connectivity index (χ0v) is 17.7. The van der Waals surface area contributed by atoms with Crippen molar-refractivity contribution in [2.45, 2.75) is 71.8 Å². The number of oxime groups is 1. The predicted octanol–water partition coefficient (Wildman–Crippen LogP) is 6.24. The summed E-state index contributed by atoms with van der Waals surface area (Å²) in [5.41, 5.74) is 6.73. The van der Waals surface area contributed by atoms with Gasteiger partial charge in [-0.2, -0.15) is 0 Å². The number of carboxylic acids is 1. The number of hydrogen-bond acceptors (Lipinski definition) is 3. The van der Waals surface area contributed by atoms with Crippen LogP contribution in [0.5, 0.6) is 0 Å². The first-order valence-electron chi connectivity index (χ1n) is 10.6. The minimum Gasteiger partial charge on any atom is -0.478 e. The molecule has 1 N–H and O–H groups in total. The lowest BCUT2D eigenvalue weighted by molar-refractivity contribution is 0.0695. The van der Waals surface area contributed by atoms with Crippen molar-refractivity contribution in [1.29, 1.82) is 0 Å². The zero-order chi connectivity index (χ0) is 20.8. The van der Waals surface area contributed by atoms with E-state index in [0.717, 1.165) is 22.4 Å². The van der Waals surface area contributed by atoms with E-state index in [1.165, 1.54) is 43.2 Å². The quantitative estimate of drug-likeness (QED) is 0.447. The summed E-state index contributed by atoms with van der Waals surface area (Å²) in [4.78, 5) is 16.9. The maximum atomic E-state index is 11.3. The molecule has 0 aliphatic heterocycles. The fraction of sp³-hybridized carbons (Fsp3) is 0.440. The van der Waals surface area contributed by atoms with Crippen LogP contribution in [0, 0.1) is 6.92 Å². The average molecular weight is 394 g/mol. The molecular weight excluding hydrogens is 362 g/mol. The first-order valence-corrected chi connectivity index (χ1v) is 10.6. The van der Waals surface area contributed by atoms with E-state index in [1.54, 1.807) is 12.1 Å². The van der Waals surface area contributed by atoms with Crippen LogP contribution < -0.4 is 0 Å². The molecule has 0 heterocycles. The predicted molar refractivity (Wildman–Crippen MR) is 117 cm³/mol. The second-order valence-corrected chi connectivity index (χ2v) is 8.01. The van der Waals surface area contributed by atoms with Crippen LogP contribution in [0.15, 0.2) is 41.6 Å². The third-order valence-electron chi connectivity index (χ3n) is 5.95. The Morgan fingerprint density at radius 2 is 1.90 bits per heavy atom.